The number of nitrogen functional groups attached to an aromatic ring is 2. The first-order valence-corrected chi connectivity index (χ1v) is 5.03. The van der Waals surface area contributed by atoms with Gasteiger partial charge in [0.25, 0.3) is 0 Å². The summed E-state index contributed by atoms with van der Waals surface area (Å²) >= 11 is 1.57. The molecule has 0 saturated carbocycles. The fraction of sp³-hybridized carbons (Fsp3) is 0.100. The molecule has 4 heteroatoms. The minimum atomic E-state index is 0.269. The first-order chi connectivity index (χ1) is 6.74. The van der Waals surface area contributed by atoms with Crippen molar-refractivity contribution in [1.29, 1.82) is 5.26 Å². The SMILES string of the molecule is N#CCc1c(N)cc2ccsc2c1N. The molecule has 0 spiro atoms. The van der Waals surface area contributed by atoms with Crippen molar-refractivity contribution in [1.82, 2.24) is 0 Å². The van der Waals surface area contributed by atoms with Gasteiger partial charge in [-0.2, -0.15) is 5.26 Å². The molecule has 2 aromatic rings. The van der Waals surface area contributed by atoms with E-state index in [1.807, 2.05) is 17.5 Å². The Bertz CT molecular complexity index is 522. The van der Waals surface area contributed by atoms with Crippen molar-refractivity contribution in [2.75, 3.05) is 11.5 Å². The molecule has 0 aliphatic rings. The summed E-state index contributed by atoms with van der Waals surface area (Å²) < 4.78 is 1.02. The highest BCUT2D eigenvalue weighted by atomic mass is 32.1. The van der Waals surface area contributed by atoms with Crippen molar-refractivity contribution in [3.05, 3.63) is 23.1 Å². The van der Waals surface area contributed by atoms with Crippen LogP contribution in [-0.4, -0.2) is 0 Å². The third kappa shape index (κ3) is 1.19. The van der Waals surface area contributed by atoms with Crippen molar-refractivity contribution in [2.24, 2.45) is 0 Å². The molecule has 70 valence electrons. The van der Waals surface area contributed by atoms with E-state index in [4.69, 9.17) is 16.7 Å². The van der Waals surface area contributed by atoms with Gasteiger partial charge >= 0.3 is 0 Å². The van der Waals surface area contributed by atoms with Gasteiger partial charge < -0.3 is 11.5 Å². The Labute approximate surface area is 85.6 Å². The van der Waals surface area contributed by atoms with E-state index < -0.39 is 0 Å². The Kier molecular flexibility index (Phi) is 2.02. The number of hydrogen-bond donors (Lipinski definition) is 2. The molecule has 1 heterocycles. The normalized spacial score (nSPS) is 10.2. The van der Waals surface area contributed by atoms with Crippen LogP contribution in [0, 0.1) is 11.3 Å². The number of anilines is 2. The second-order valence-corrected chi connectivity index (χ2v) is 3.95. The quantitative estimate of drug-likeness (QED) is 0.697. The number of hydrogen-bond acceptors (Lipinski definition) is 4. The number of benzene rings is 1. The van der Waals surface area contributed by atoms with Gasteiger partial charge in [0.15, 0.2) is 0 Å². The molecule has 0 saturated heterocycles. The second-order valence-electron chi connectivity index (χ2n) is 3.03. The molecule has 0 aliphatic carbocycles. The molecule has 2 rings (SSSR count). The fourth-order valence-electron chi connectivity index (χ4n) is 1.48. The van der Waals surface area contributed by atoms with Crippen molar-refractivity contribution < 1.29 is 0 Å². The van der Waals surface area contributed by atoms with Crippen LogP contribution in [0.25, 0.3) is 10.1 Å². The number of rotatable bonds is 1. The molecule has 1 aromatic heterocycles. The lowest BCUT2D eigenvalue weighted by molar-refractivity contribution is 1.28. The first-order valence-electron chi connectivity index (χ1n) is 4.15. The predicted octanol–water partition coefficient (Wildman–Crippen LogP) is 2.13. The summed E-state index contributed by atoms with van der Waals surface area (Å²) in [4.78, 5) is 0. The van der Waals surface area contributed by atoms with Crippen LogP contribution in [0.4, 0.5) is 11.4 Å². The van der Waals surface area contributed by atoms with E-state index in [1.165, 1.54) is 0 Å². The number of nitrogens with zero attached hydrogens (tertiary/aromatic N) is 1. The third-order valence-electron chi connectivity index (χ3n) is 2.18. The summed E-state index contributed by atoms with van der Waals surface area (Å²) in [5.41, 5.74) is 13.7. The smallest absolute Gasteiger partial charge is 0.0671 e. The van der Waals surface area contributed by atoms with E-state index >= 15 is 0 Å². The van der Waals surface area contributed by atoms with E-state index in [0.29, 0.717) is 11.4 Å². The summed E-state index contributed by atoms with van der Waals surface area (Å²) in [5.74, 6) is 0. The van der Waals surface area contributed by atoms with Gasteiger partial charge in [0, 0.05) is 11.3 Å². The van der Waals surface area contributed by atoms with Crippen LogP contribution in [0.3, 0.4) is 0 Å². The van der Waals surface area contributed by atoms with Crippen LogP contribution in [-0.2, 0) is 6.42 Å². The molecule has 14 heavy (non-hydrogen) atoms. The predicted molar refractivity (Wildman–Crippen MR) is 60.0 cm³/mol. The van der Waals surface area contributed by atoms with Gasteiger partial charge in [0.1, 0.15) is 0 Å². The standard InChI is InChI=1S/C10H9N3S/c11-3-1-7-8(12)5-6-2-4-14-10(6)9(7)13/h2,4-5H,1,12-13H2. The van der Waals surface area contributed by atoms with Crippen molar-refractivity contribution in [3.8, 4) is 6.07 Å². The van der Waals surface area contributed by atoms with Gasteiger partial charge in [-0.3, -0.25) is 0 Å². The first kappa shape index (κ1) is 8.85. The van der Waals surface area contributed by atoms with Crippen LogP contribution in [0.5, 0.6) is 0 Å². The number of fused-ring (bicyclic) bond motifs is 1. The Morgan fingerprint density at radius 3 is 2.93 bits per heavy atom. The summed E-state index contributed by atoms with van der Waals surface area (Å²) in [7, 11) is 0. The Balaban J connectivity index is 2.77. The fourth-order valence-corrected chi connectivity index (χ4v) is 2.34. The van der Waals surface area contributed by atoms with Gasteiger partial charge in [-0.25, -0.2) is 0 Å². The molecule has 3 nitrogen and oxygen atoms in total. The molecule has 0 unspecified atom stereocenters. The van der Waals surface area contributed by atoms with Crippen LogP contribution in [0.15, 0.2) is 17.5 Å². The summed E-state index contributed by atoms with van der Waals surface area (Å²) in [6.07, 6.45) is 0.269. The van der Waals surface area contributed by atoms with Crippen LogP contribution >= 0.6 is 11.3 Å². The van der Waals surface area contributed by atoms with Crippen molar-refractivity contribution in [2.45, 2.75) is 6.42 Å². The summed E-state index contributed by atoms with van der Waals surface area (Å²) in [6, 6.07) is 5.91. The van der Waals surface area contributed by atoms with E-state index in [0.717, 1.165) is 15.6 Å². The minimum absolute atomic E-state index is 0.269. The van der Waals surface area contributed by atoms with Crippen LogP contribution in [0.2, 0.25) is 0 Å². The zero-order valence-electron chi connectivity index (χ0n) is 7.45. The molecular formula is C10H9N3S. The van der Waals surface area contributed by atoms with Gasteiger partial charge in [-0.15, -0.1) is 11.3 Å². The van der Waals surface area contributed by atoms with Crippen LogP contribution in [0.1, 0.15) is 5.56 Å². The Morgan fingerprint density at radius 2 is 2.21 bits per heavy atom. The Hall–Kier alpha value is -1.73. The van der Waals surface area contributed by atoms with Crippen molar-refractivity contribution >= 4 is 32.8 Å². The molecule has 4 N–H and O–H groups in total. The van der Waals surface area contributed by atoms with E-state index in [1.54, 1.807) is 11.3 Å². The zero-order valence-corrected chi connectivity index (χ0v) is 8.27. The molecular weight excluding hydrogens is 194 g/mol. The summed E-state index contributed by atoms with van der Waals surface area (Å²) in [6.45, 7) is 0. The van der Waals surface area contributed by atoms with Gasteiger partial charge in [-0.1, -0.05) is 0 Å². The average molecular weight is 203 g/mol. The maximum atomic E-state index is 8.63. The van der Waals surface area contributed by atoms with Crippen molar-refractivity contribution in [3.63, 3.8) is 0 Å². The highest BCUT2D eigenvalue weighted by molar-refractivity contribution is 7.17. The lowest BCUT2D eigenvalue weighted by Gasteiger charge is -2.06. The molecule has 0 fully saturated rings. The molecule has 0 amide bonds. The monoisotopic (exact) mass is 203 g/mol. The third-order valence-corrected chi connectivity index (χ3v) is 3.14. The highest BCUT2D eigenvalue weighted by Crippen LogP contribution is 2.33. The van der Waals surface area contributed by atoms with Gasteiger partial charge in [0.2, 0.25) is 0 Å². The maximum Gasteiger partial charge on any atom is 0.0671 e. The molecule has 0 bridgehead atoms. The van der Waals surface area contributed by atoms with Gasteiger partial charge in [0.05, 0.1) is 22.9 Å². The number of thiophene rings is 1. The maximum absolute atomic E-state index is 8.63. The van der Waals surface area contributed by atoms with Crippen LogP contribution < -0.4 is 11.5 Å². The van der Waals surface area contributed by atoms with E-state index in [2.05, 4.69) is 6.07 Å². The molecule has 0 aliphatic heterocycles. The second kappa shape index (κ2) is 3.20. The van der Waals surface area contributed by atoms with E-state index in [9.17, 15) is 0 Å². The highest BCUT2D eigenvalue weighted by Gasteiger charge is 2.09. The lowest BCUT2D eigenvalue weighted by atomic mass is 10.1. The molecule has 0 radical (unpaired) electrons. The Morgan fingerprint density at radius 1 is 1.43 bits per heavy atom. The summed E-state index contributed by atoms with van der Waals surface area (Å²) in [5, 5.41) is 11.7. The van der Waals surface area contributed by atoms with Gasteiger partial charge in [-0.05, 0) is 22.9 Å². The van der Waals surface area contributed by atoms with E-state index in [-0.39, 0.29) is 6.42 Å². The number of nitriles is 1. The largest absolute Gasteiger partial charge is 0.398 e. The minimum Gasteiger partial charge on any atom is -0.398 e. The molecule has 0 atom stereocenters. The average Bonchev–Trinajstić information content (AvgIpc) is 2.60. The number of nitrogens with two attached hydrogens (primary N) is 2. The zero-order chi connectivity index (χ0) is 10.1. The lowest BCUT2D eigenvalue weighted by Crippen LogP contribution is -1.99. The topological polar surface area (TPSA) is 75.8 Å². The molecule has 1 aromatic carbocycles.